The summed E-state index contributed by atoms with van der Waals surface area (Å²) in [6.07, 6.45) is -4.28. The van der Waals surface area contributed by atoms with Gasteiger partial charge in [-0.05, 0) is 37.1 Å². The number of sulfonamides is 1. The van der Waals surface area contributed by atoms with Gasteiger partial charge in [0.2, 0.25) is 15.9 Å². The van der Waals surface area contributed by atoms with Crippen molar-refractivity contribution in [2.75, 3.05) is 18.4 Å². The van der Waals surface area contributed by atoms with Crippen LogP contribution in [0, 0.1) is 5.92 Å². The summed E-state index contributed by atoms with van der Waals surface area (Å²) >= 11 is 0. The Hall–Kier alpha value is -1.61. The summed E-state index contributed by atoms with van der Waals surface area (Å²) in [7, 11) is -3.98. The van der Waals surface area contributed by atoms with E-state index in [1.165, 1.54) is 31.2 Å². The fourth-order valence-corrected chi connectivity index (χ4v) is 4.01. The molecule has 0 aliphatic carbocycles. The Bertz CT molecular complexity index is 672. The van der Waals surface area contributed by atoms with Gasteiger partial charge in [0.25, 0.3) is 0 Å². The molecule has 0 radical (unpaired) electrons. The quantitative estimate of drug-likeness (QED) is 0.911. The monoisotopic (exact) mass is 350 g/mol. The normalized spacial score (nSPS) is 20.3. The maximum Gasteiger partial charge on any atom is 0.393 e. The number of nitrogens with zero attached hydrogens (tertiary/aromatic N) is 1. The fraction of sp³-hybridized carbons (Fsp3) is 0.500. The number of hydrogen-bond acceptors (Lipinski definition) is 3. The highest BCUT2D eigenvalue weighted by Crippen LogP contribution is 2.35. The van der Waals surface area contributed by atoms with Gasteiger partial charge in [-0.25, -0.2) is 8.42 Å². The van der Waals surface area contributed by atoms with Gasteiger partial charge in [-0.2, -0.15) is 17.5 Å². The molecule has 1 N–H and O–H groups in total. The van der Waals surface area contributed by atoms with Crippen LogP contribution in [0.2, 0.25) is 0 Å². The molecule has 5 nitrogen and oxygen atoms in total. The molecule has 1 heterocycles. The van der Waals surface area contributed by atoms with E-state index >= 15 is 0 Å². The molecule has 0 aromatic heterocycles. The molecule has 23 heavy (non-hydrogen) atoms. The van der Waals surface area contributed by atoms with E-state index in [9.17, 15) is 26.4 Å². The molecule has 1 atom stereocenters. The van der Waals surface area contributed by atoms with Crippen LogP contribution in [0.4, 0.5) is 18.9 Å². The van der Waals surface area contributed by atoms with Crippen molar-refractivity contribution in [3.8, 4) is 0 Å². The summed E-state index contributed by atoms with van der Waals surface area (Å²) in [6, 6.07) is 5.36. The molecule has 1 saturated heterocycles. The molecule has 1 aromatic rings. The van der Waals surface area contributed by atoms with Crippen molar-refractivity contribution in [2.45, 2.75) is 30.8 Å². The molecular formula is C14H17F3N2O3S. The van der Waals surface area contributed by atoms with Gasteiger partial charge >= 0.3 is 6.18 Å². The summed E-state index contributed by atoms with van der Waals surface area (Å²) in [6.45, 7) is 0.831. The van der Waals surface area contributed by atoms with Crippen molar-refractivity contribution in [1.82, 2.24) is 4.31 Å². The maximum absolute atomic E-state index is 12.8. The van der Waals surface area contributed by atoms with Crippen molar-refractivity contribution >= 4 is 21.6 Å². The number of piperidine rings is 1. The first-order valence-corrected chi connectivity index (χ1v) is 8.49. The number of amides is 1. The first kappa shape index (κ1) is 17.7. The fourth-order valence-electron chi connectivity index (χ4n) is 2.49. The van der Waals surface area contributed by atoms with Gasteiger partial charge in [0.1, 0.15) is 0 Å². The summed E-state index contributed by atoms with van der Waals surface area (Å²) < 4.78 is 64.3. The molecule has 2 rings (SSSR count). The summed E-state index contributed by atoms with van der Waals surface area (Å²) in [5.74, 6) is -1.94. The molecule has 1 aliphatic heterocycles. The van der Waals surface area contributed by atoms with E-state index in [-0.39, 0.29) is 30.2 Å². The van der Waals surface area contributed by atoms with Gasteiger partial charge < -0.3 is 5.32 Å². The van der Waals surface area contributed by atoms with E-state index in [1.807, 2.05) is 0 Å². The van der Waals surface area contributed by atoms with Crippen molar-refractivity contribution in [1.29, 1.82) is 0 Å². The molecule has 1 fully saturated rings. The van der Waals surface area contributed by atoms with Crippen LogP contribution in [-0.2, 0) is 14.8 Å². The molecular weight excluding hydrogens is 333 g/mol. The number of anilines is 1. The highest BCUT2D eigenvalue weighted by Gasteiger charge is 2.44. The third-order valence-electron chi connectivity index (χ3n) is 3.66. The molecule has 1 aliphatic rings. The molecule has 9 heteroatoms. The van der Waals surface area contributed by atoms with Crippen LogP contribution in [0.1, 0.15) is 19.8 Å². The second-order valence-electron chi connectivity index (χ2n) is 5.45. The molecule has 1 amide bonds. The van der Waals surface area contributed by atoms with Gasteiger partial charge in [0, 0.05) is 25.7 Å². The highest BCUT2D eigenvalue weighted by atomic mass is 32.2. The third kappa shape index (κ3) is 4.23. The summed E-state index contributed by atoms with van der Waals surface area (Å²) in [4.78, 5) is 10.8. The predicted molar refractivity (Wildman–Crippen MR) is 78.3 cm³/mol. The Morgan fingerprint density at radius 3 is 2.39 bits per heavy atom. The van der Waals surface area contributed by atoms with Gasteiger partial charge in [0.15, 0.2) is 0 Å². The lowest BCUT2D eigenvalue weighted by atomic mass is 9.99. The molecule has 0 spiro atoms. The Balaban J connectivity index is 2.19. The number of rotatable bonds is 3. The van der Waals surface area contributed by atoms with Crippen molar-refractivity contribution in [3.05, 3.63) is 24.3 Å². The van der Waals surface area contributed by atoms with E-state index in [0.717, 1.165) is 4.31 Å². The second kappa shape index (κ2) is 6.48. The Morgan fingerprint density at radius 2 is 1.87 bits per heavy atom. The van der Waals surface area contributed by atoms with Gasteiger partial charge in [-0.15, -0.1) is 0 Å². The van der Waals surface area contributed by atoms with Crippen LogP contribution in [0.5, 0.6) is 0 Å². The van der Waals surface area contributed by atoms with Crippen molar-refractivity contribution in [2.24, 2.45) is 5.92 Å². The van der Waals surface area contributed by atoms with E-state index in [0.29, 0.717) is 5.69 Å². The van der Waals surface area contributed by atoms with Gasteiger partial charge in [0.05, 0.1) is 10.8 Å². The Kier molecular flexibility index (Phi) is 5.00. The van der Waals surface area contributed by atoms with Gasteiger partial charge in [-0.3, -0.25) is 4.79 Å². The van der Waals surface area contributed by atoms with Crippen LogP contribution in [0.3, 0.4) is 0 Å². The van der Waals surface area contributed by atoms with Crippen LogP contribution in [0.15, 0.2) is 29.2 Å². The van der Waals surface area contributed by atoms with Crippen molar-refractivity contribution in [3.63, 3.8) is 0 Å². The number of carbonyl (C=O) groups excluding carboxylic acids is 1. The molecule has 128 valence electrons. The molecule has 0 saturated carbocycles. The zero-order valence-electron chi connectivity index (χ0n) is 12.4. The number of alkyl halides is 3. The van der Waals surface area contributed by atoms with E-state index in [2.05, 4.69) is 5.32 Å². The lowest BCUT2D eigenvalue weighted by molar-refractivity contribution is -0.182. The summed E-state index contributed by atoms with van der Waals surface area (Å²) in [5.41, 5.74) is 0.420. The highest BCUT2D eigenvalue weighted by molar-refractivity contribution is 7.89. The second-order valence-corrected chi connectivity index (χ2v) is 7.39. The molecule has 0 bridgehead atoms. The number of carbonyl (C=O) groups is 1. The average molecular weight is 350 g/mol. The molecule has 1 unspecified atom stereocenters. The molecule has 1 aromatic carbocycles. The van der Waals surface area contributed by atoms with Crippen LogP contribution in [-0.4, -0.2) is 37.9 Å². The topological polar surface area (TPSA) is 66.5 Å². The zero-order valence-corrected chi connectivity index (χ0v) is 13.2. The van der Waals surface area contributed by atoms with E-state index < -0.39 is 28.7 Å². The average Bonchev–Trinajstić information content (AvgIpc) is 2.46. The number of hydrogen-bond donors (Lipinski definition) is 1. The SMILES string of the molecule is CC(=O)Nc1ccc(S(=O)(=O)N2CCCC(C(F)(F)F)C2)cc1. The predicted octanol–water partition coefficient (Wildman–Crippen LogP) is 2.61. The Labute approximate surface area is 132 Å². The van der Waals surface area contributed by atoms with E-state index in [4.69, 9.17) is 0 Å². The lowest BCUT2D eigenvalue weighted by Crippen LogP contribution is -2.44. The standard InChI is InChI=1S/C14H17F3N2O3S/c1-10(20)18-12-4-6-13(7-5-12)23(21,22)19-8-2-3-11(9-19)14(15,16)17/h4-7,11H,2-3,8-9H2,1H3,(H,18,20). The minimum atomic E-state index is -4.40. The minimum absolute atomic E-state index is 0.0585. The first-order valence-electron chi connectivity index (χ1n) is 7.05. The maximum atomic E-state index is 12.8. The number of benzene rings is 1. The van der Waals surface area contributed by atoms with E-state index in [1.54, 1.807) is 0 Å². The smallest absolute Gasteiger partial charge is 0.326 e. The lowest BCUT2D eigenvalue weighted by Gasteiger charge is -2.32. The zero-order chi connectivity index (χ0) is 17.3. The van der Waals surface area contributed by atoms with Crippen LogP contribution >= 0.6 is 0 Å². The first-order chi connectivity index (χ1) is 10.6. The van der Waals surface area contributed by atoms with Gasteiger partial charge in [-0.1, -0.05) is 0 Å². The largest absolute Gasteiger partial charge is 0.393 e. The van der Waals surface area contributed by atoms with Crippen LogP contribution in [0.25, 0.3) is 0 Å². The Morgan fingerprint density at radius 1 is 1.26 bits per heavy atom. The number of halogens is 3. The summed E-state index contributed by atoms with van der Waals surface area (Å²) in [5, 5.41) is 2.49. The third-order valence-corrected chi connectivity index (χ3v) is 5.54. The number of nitrogens with one attached hydrogen (secondary N) is 1. The van der Waals surface area contributed by atoms with Crippen molar-refractivity contribution < 1.29 is 26.4 Å². The van der Waals surface area contributed by atoms with Crippen LogP contribution < -0.4 is 5.32 Å². The minimum Gasteiger partial charge on any atom is -0.326 e.